The van der Waals surface area contributed by atoms with Gasteiger partial charge in [-0.05, 0) is 46.4 Å². The van der Waals surface area contributed by atoms with Gasteiger partial charge in [0.2, 0.25) is 0 Å². The molecule has 0 spiro atoms. The van der Waals surface area contributed by atoms with E-state index in [-0.39, 0.29) is 5.54 Å². The third-order valence-electron chi connectivity index (χ3n) is 4.50. The summed E-state index contributed by atoms with van der Waals surface area (Å²) >= 11 is 0. The van der Waals surface area contributed by atoms with E-state index in [0.717, 1.165) is 39.3 Å². The van der Waals surface area contributed by atoms with Crippen LogP contribution in [0.1, 0.15) is 19.3 Å². The van der Waals surface area contributed by atoms with E-state index in [9.17, 15) is 0 Å². The Morgan fingerprint density at radius 1 is 1.44 bits per heavy atom. The highest BCUT2D eigenvalue weighted by Crippen LogP contribution is 2.30. The molecule has 4 heteroatoms. The largest absolute Gasteiger partial charge is 0.380 e. The quantitative estimate of drug-likeness (QED) is 0.744. The van der Waals surface area contributed by atoms with Gasteiger partial charge in [-0.25, -0.2) is 0 Å². The highest BCUT2D eigenvalue weighted by molar-refractivity contribution is 4.97. The fraction of sp³-hybridized carbons (Fsp3) is 1.00. The lowest BCUT2D eigenvalue weighted by Crippen LogP contribution is -2.60. The van der Waals surface area contributed by atoms with Crippen molar-refractivity contribution in [1.82, 2.24) is 9.80 Å². The lowest BCUT2D eigenvalue weighted by molar-refractivity contribution is 0.0188. The van der Waals surface area contributed by atoms with Crippen LogP contribution in [0.2, 0.25) is 0 Å². The van der Waals surface area contributed by atoms with E-state index in [0.29, 0.717) is 6.04 Å². The molecule has 16 heavy (non-hydrogen) atoms. The topological polar surface area (TPSA) is 41.7 Å². The summed E-state index contributed by atoms with van der Waals surface area (Å²) in [7, 11) is 4.43. The van der Waals surface area contributed by atoms with Crippen LogP contribution in [0.15, 0.2) is 0 Å². The van der Waals surface area contributed by atoms with Gasteiger partial charge in [0.05, 0.1) is 6.61 Å². The average molecular weight is 227 g/mol. The third kappa shape index (κ3) is 2.25. The summed E-state index contributed by atoms with van der Waals surface area (Å²) in [6.07, 6.45) is 3.54. The fourth-order valence-electron chi connectivity index (χ4n) is 2.95. The summed E-state index contributed by atoms with van der Waals surface area (Å²) < 4.78 is 5.49. The van der Waals surface area contributed by atoms with Crippen molar-refractivity contribution in [2.24, 2.45) is 5.73 Å². The number of ether oxygens (including phenoxy) is 1. The van der Waals surface area contributed by atoms with Gasteiger partial charge in [-0.2, -0.15) is 0 Å². The van der Waals surface area contributed by atoms with E-state index < -0.39 is 0 Å². The summed E-state index contributed by atoms with van der Waals surface area (Å²) in [5, 5.41) is 0. The van der Waals surface area contributed by atoms with Crippen molar-refractivity contribution < 1.29 is 4.74 Å². The van der Waals surface area contributed by atoms with Gasteiger partial charge in [0.1, 0.15) is 0 Å². The minimum absolute atomic E-state index is 0.213. The Morgan fingerprint density at radius 3 is 2.62 bits per heavy atom. The predicted octanol–water partition coefficient (Wildman–Crippen LogP) is 0.130. The highest BCUT2D eigenvalue weighted by Gasteiger charge is 2.40. The Bertz CT molecular complexity index is 220. The maximum absolute atomic E-state index is 6.05. The van der Waals surface area contributed by atoms with Gasteiger partial charge in [-0.1, -0.05) is 0 Å². The van der Waals surface area contributed by atoms with Crippen LogP contribution < -0.4 is 5.73 Å². The second kappa shape index (κ2) is 5.00. The van der Waals surface area contributed by atoms with Crippen molar-refractivity contribution in [3.8, 4) is 0 Å². The molecule has 2 heterocycles. The molecule has 0 aliphatic carbocycles. The molecule has 2 fully saturated rings. The molecule has 0 radical (unpaired) electrons. The van der Waals surface area contributed by atoms with Crippen LogP contribution in [0.4, 0.5) is 0 Å². The molecule has 2 saturated heterocycles. The molecule has 4 nitrogen and oxygen atoms in total. The van der Waals surface area contributed by atoms with E-state index in [4.69, 9.17) is 10.5 Å². The van der Waals surface area contributed by atoms with E-state index in [2.05, 4.69) is 23.9 Å². The molecule has 2 N–H and O–H groups in total. The maximum atomic E-state index is 6.05. The Hall–Kier alpha value is -0.160. The summed E-state index contributed by atoms with van der Waals surface area (Å²) in [6, 6.07) is 0.576. The van der Waals surface area contributed by atoms with Crippen molar-refractivity contribution >= 4 is 0 Å². The number of rotatable bonds is 3. The number of hydrogen-bond donors (Lipinski definition) is 1. The second-order valence-electron chi connectivity index (χ2n) is 5.36. The molecule has 0 saturated carbocycles. The van der Waals surface area contributed by atoms with Crippen molar-refractivity contribution in [3.63, 3.8) is 0 Å². The minimum Gasteiger partial charge on any atom is -0.380 e. The van der Waals surface area contributed by atoms with Gasteiger partial charge in [-0.15, -0.1) is 0 Å². The van der Waals surface area contributed by atoms with Gasteiger partial charge in [0, 0.05) is 24.7 Å². The minimum atomic E-state index is 0.213. The molecule has 0 aromatic heterocycles. The van der Waals surface area contributed by atoms with Crippen LogP contribution in [0, 0.1) is 0 Å². The monoisotopic (exact) mass is 227 g/mol. The zero-order chi connectivity index (χ0) is 11.6. The molecule has 1 atom stereocenters. The van der Waals surface area contributed by atoms with Crippen LogP contribution >= 0.6 is 0 Å². The van der Waals surface area contributed by atoms with E-state index in [1.54, 1.807) is 0 Å². The Kier molecular flexibility index (Phi) is 3.85. The summed E-state index contributed by atoms with van der Waals surface area (Å²) in [5.74, 6) is 0. The molecule has 0 bridgehead atoms. The van der Waals surface area contributed by atoms with E-state index >= 15 is 0 Å². The average Bonchev–Trinajstić information content (AvgIpc) is 2.83. The van der Waals surface area contributed by atoms with Crippen molar-refractivity contribution in [2.75, 3.05) is 46.9 Å². The zero-order valence-electron chi connectivity index (χ0n) is 10.6. The summed E-state index contributed by atoms with van der Waals surface area (Å²) in [4.78, 5) is 4.90. The Balaban J connectivity index is 2.02. The number of nitrogens with two attached hydrogens (primary N) is 1. The van der Waals surface area contributed by atoms with Crippen LogP contribution in [0.3, 0.4) is 0 Å². The first-order valence-corrected chi connectivity index (χ1v) is 6.37. The number of hydrogen-bond acceptors (Lipinski definition) is 4. The SMILES string of the molecule is CN1CCC(CN)(N(C)C2CCOC2)CC1. The van der Waals surface area contributed by atoms with E-state index in [1.165, 1.54) is 12.8 Å². The molecular formula is C12H25N3O. The van der Waals surface area contributed by atoms with Gasteiger partial charge in [0.25, 0.3) is 0 Å². The normalized spacial score (nSPS) is 31.1. The Morgan fingerprint density at radius 2 is 2.12 bits per heavy atom. The zero-order valence-corrected chi connectivity index (χ0v) is 10.6. The molecule has 0 amide bonds. The van der Waals surface area contributed by atoms with Gasteiger partial charge < -0.3 is 15.4 Å². The first-order chi connectivity index (χ1) is 7.68. The molecule has 0 aromatic carbocycles. The van der Waals surface area contributed by atoms with Crippen LogP contribution in [-0.2, 0) is 4.74 Å². The van der Waals surface area contributed by atoms with Crippen molar-refractivity contribution in [2.45, 2.75) is 30.8 Å². The first kappa shape index (κ1) is 12.3. The summed E-state index contributed by atoms with van der Waals surface area (Å²) in [6.45, 7) is 4.89. The second-order valence-corrected chi connectivity index (χ2v) is 5.36. The van der Waals surface area contributed by atoms with Gasteiger partial charge in [-0.3, -0.25) is 4.90 Å². The van der Waals surface area contributed by atoms with Gasteiger partial charge in [0.15, 0.2) is 0 Å². The smallest absolute Gasteiger partial charge is 0.0622 e. The molecule has 2 rings (SSSR count). The van der Waals surface area contributed by atoms with Gasteiger partial charge >= 0.3 is 0 Å². The van der Waals surface area contributed by atoms with Crippen molar-refractivity contribution in [1.29, 1.82) is 0 Å². The van der Waals surface area contributed by atoms with Crippen LogP contribution in [-0.4, -0.2) is 68.3 Å². The fourth-order valence-corrected chi connectivity index (χ4v) is 2.95. The maximum Gasteiger partial charge on any atom is 0.0622 e. The van der Waals surface area contributed by atoms with E-state index in [1.807, 2.05) is 0 Å². The third-order valence-corrected chi connectivity index (χ3v) is 4.50. The number of likely N-dealkylation sites (N-methyl/N-ethyl adjacent to an activating group) is 1. The molecule has 2 aliphatic rings. The molecule has 2 aliphatic heterocycles. The number of nitrogens with zero attached hydrogens (tertiary/aromatic N) is 2. The number of likely N-dealkylation sites (tertiary alicyclic amines) is 1. The highest BCUT2D eigenvalue weighted by atomic mass is 16.5. The van der Waals surface area contributed by atoms with Crippen LogP contribution in [0.5, 0.6) is 0 Å². The lowest BCUT2D eigenvalue weighted by Gasteiger charge is -2.48. The Labute approximate surface area is 98.7 Å². The predicted molar refractivity (Wildman–Crippen MR) is 65.5 cm³/mol. The first-order valence-electron chi connectivity index (χ1n) is 6.37. The van der Waals surface area contributed by atoms with Crippen molar-refractivity contribution in [3.05, 3.63) is 0 Å². The standard InChI is InChI=1S/C12H25N3O/c1-14-6-4-12(10-13,5-7-14)15(2)11-3-8-16-9-11/h11H,3-10,13H2,1-2H3. The molecule has 94 valence electrons. The van der Waals surface area contributed by atoms with Crippen LogP contribution in [0.25, 0.3) is 0 Å². The number of piperidine rings is 1. The molecular weight excluding hydrogens is 202 g/mol. The molecule has 0 aromatic rings. The molecule has 1 unspecified atom stereocenters. The lowest BCUT2D eigenvalue weighted by atomic mass is 9.85. The summed E-state index contributed by atoms with van der Waals surface area (Å²) in [5.41, 5.74) is 6.26.